The van der Waals surface area contributed by atoms with E-state index in [2.05, 4.69) is 30.8 Å². The van der Waals surface area contributed by atoms with Gasteiger partial charge < -0.3 is 9.47 Å². The highest BCUT2D eigenvalue weighted by Crippen LogP contribution is 2.48. The lowest BCUT2D eigenvalue weighted by molar-refractivity contribution is -0.232. The molecule has 2 aliphatic rings. The van der Waals surface area contributed by atoms with Gasteiger partial charge in [-0.25, -0.2) is 0 Å². The zero-order valence-corrected chi connectivity index (χ0v) is 12.1. The van der Waals surface area contributed by atoms with Gasteiger partial charge in [0.05, 0.1) is 13.2 Å². The van der Waals surface area contributed by atoms with Crippen molar-refractivity contribution < 1.29 is 9.47 Å². The second-order valence-corrected chi connectivity index (χ2v) is 6.29. The van der Waals surface area contributed by atoms with Crippen LogP contribution in [0.3, 0.4) is 0 Å². The van der Waals surface area contributed by atoms with Crippen molar-refractivity contribution in [3.8, 4) is 0 Å². The Hall–Kier alpha value is -1.12. The summed E-state index contributed by atoms with van der Waals surface area (Å²) in [4.78, 5) is 0. The van der Waals surface area contributed by atoms with Crippen LogP contribution >= 0.6 is 0 Å². The van der Waals surface area contributed by atoms with Crippen LogP contribution in [0.1, 0.15) is 44.1 Å². The predicted octanol–water partition coefficient (Wildman–Crippen LogP) is 4.46. The molecule has 20 heavy (non-hydrogen) atoms. The van der Waals surface area contributed by atoms with Crippen molar-refractivity contribution in [1.29, 1.82) is 0 Å². The van der Waals surface area contributed by atoms with Gasteiger partial charge in [-0.15, -0.1) is 0 Å². The largest absolute Gasteiger partial charge is 0.348 e. The van der Waals surface area contributed by atoms with Crippen molar-refractivity contribution in [3.05, 3.63) is 48.0 Å². The molecule has 1 spiro atoms. The van der Waals surface area contributed by atoms with Gasteiger partial charge in [-0.2, -0.15) is 0 Å². The highest BCUT2D eigenvalue weighted by Gasteiger charge is 2.44. The molecule has 0 bridgehead atoms. The number of ether oxygens (including phenoxy) is 2. The summed E-state index contributed by atoms with van der Waals surface area (Å²) in [5.74, 6) is 0. The molecule has 108 valence electrons. The molecule has 1 aromatic carbocycles. The van der Waals surface area contributed by atoms with Crippen LogP contribution in [0.4, 0.5) is 0 Å². The van der Waals surface area contributed by atoms with Gasteiger partial charge in [0.25, 0.3) is 0 Å². The molecule has 1 aliphatic carbocycles. The van der Waals surface area contributed by atoms with E-state index in [1.807, 2.05) is 6.07 Å². The lowest BCUT2D eigenvalue weighted by atomic mass is 9.69. The van der Waals surface area contributed by atoms with Crippen LogP contribution in [0.5, 0.6) is 0 Å². The monoisotopic (exact) mass is 272 g/mol. The van der Waals surface area contributed by atoms with Gasteiger partial charge in [0, 0.05) is 5.41 Å². The van der Waals surface area contributed by atoms with E-state index in [1.54, 1.807) is 0 Å². The number of benzene rings is 1. The van der Waals surface area contributed by atoms with E-state index in [-0.39, 0.29) is 11.7 Å². The minimum Gasteiger partial charge on any atom is -0.348 e. The summed E-state index contributed by atoms with van der Waals surface area (Å²) < 4.78 is 12.1. The van der Waals surface area contributed by atoms with E-state index in [0.29, 0.717) is 13.2 Å². The summed E-state index contributed by atoms with van der Waals surface area (Å²) in [7, 11) is 0. The molecule has 0 radical (unpaired) electrons. The highest BCUT2D eigenvalue weighted by atomic mass is 16.7. The fraction of sp³-hybridized carbons (Fsp3) is 0.556. The second kappa shape index (κ2) is 6.11. The van der Waals surface area contributed by atoms with Crippen LogP contribution in [0.15, 0.2) is 42.5 Å². The van der Waals surface area contributed by atoms with Crippen LogP contribution in [-0.2, 0) is 16.1 Å². The summed E-state index contributed by atoms with van der Waals surface area (Å²) in [6.45, 7) is 5.43. The molecule has 2 nitrogen and oxygen atoms in total. The Balaban J connectivity index is 1.68. The molecule has 1 saturated carbocycles. The summed E-state index contributed by atoms with van der Waals surface area (Å²) >= 11 is 0. The lowest BCUT2D eigenvalue weighted by Gasteiger charge is -2.46. The first-order valence-electron chi connectivity index (χ1n) is 7.72. The Labute approximate surface area is 121 Å². The molecule has 1 saturated heterocycles. The molecular formula is C18H24O2. The van der Waals surface area contributed by atoms with Gasteiger partial charge in [0.2, 0.25) is 0 Å². The van der Waals surface area contributed by atoms with Crippen LogP contribution in [-0.4, -0.2) is 12.9 Å². The fourth-order valence-electron chi connectivity index (χ4n) is 3.64. The second-order valence-electron chi connectivity index (χ2n) is 6.29. The first-order valence-corrected chi connectivity index (χ1v) is 7.72. The average molecular weight is 272 g/mol. The highest BCUT2D eigenvalue weighted by molar-refractivity contribution is 5.13. The van der Waals surface area contributed by atoms with Crippen LogP contribution in [0.2, 0.25) is 0 Å². The van der Waals surface area contributed by atoms with Crippen molar-refractivity contribution in [1.82, 2.24) is 0 Å². The van der Waals surface area contributed by atoms with E-state index < -0.39 is 0 Å². The number of hydrogen-bond donors (Lipinski definition) is 0. The molecule has 0 N–H and O–H groups in total. The molecule has 1 aliphatic heterocycles. The van der Waals surface area contributed by atoms with E-state index in [9.17, 15) is 0 Å². The topological polar surface area (TPSA) is 18.5 Å². The Kier molecular flexibility index (Phi) is 4.23. The Morgan fingerprint density at radius 2 is 1.90 bits per heavy atom. The van der Waals surface area contributed by atoms with Crippen LogP contribution in [0.25, 0.3) is 0 Å². The van der Waals surface area contributed by atoms with Gasteiger partial charge in [-0.05, 0) is 24.8 Å². The van der Waals surface area contributed by atoms with Crippen molar-refractivity contribution in [2.75, 3.05) is 6.61 Å². The normalized spacial score (nSPS) is 25.8. The first-order chi connectivity index (χ1) is 9.78. The van der Waals surface area contributed by atoms with Crippen LogP contribution in [0, 0.1) is 5.41 Å². The number of hydrogen-bond acceptors (Lipinski definition) is 2. The van der Waals surface area contributed by atoms with Crippen molar-refractivity contribution >= 4 is 0 Å². The molecule has 2 heteroatoms. The molecule has 1 unspecified atom stereocenters. The Morgan fingerprint density at radius 1 is 1.15 bits per heavy atom. The first kappa shape index (κ1) is 13.8. The summed E-state index contributed by atoms with van der Waals surface area (Å²) in [6.07, 6.45) is 7.38. The number of rotatable bonds is 3. The zero-order valence-electron chi connectivity index (χ0n) is 12.1. The van der Waals surface area contributed by atoms with Crippen molar-refractivity contribution in [2.24, 2.45) is 5.41 Å². The van der Waals surface area contributed by atoms with Crippen molar-refractivity contribution in [3.63, 3.8) is 0 Å². The third-order valence-electron chi connectivity index (χ3n) is 4.63. The zero-order chi connectivity index (χ0) is 13.8. The van der Waals surface area contributed by atoms with Gasteiger partial charge in [0.15, 0.2) is 6.29 Å². The van der Waals surface area contributed by atoms with Gasteiger partial charge >= 0.3 is 0 Å². The maximum absolute atomic E-state index is 6.15. The standard InChI is InChI=1S/C18H24O2/c1-15-12-18(10-6-3-7-11-18)17(19-13-15)20-14-16-8-4-2-5-9-16/h2,4-5,8-9,17H,1,3,6-7,10-14H2. The van der Waals surface area contributed by atoms with E-state index in [1.165, 1.54) is 43.2 Å². The quantitative estimate of drug-likeness (QED) is 0.756. The molecular weight excluding hydrogens is 248 g/mol. The third-order valence-corrected chi connectivity index (χ3v) is 4.63. The molecule has 2 fully saturated rings. The molecule has 1 heterocycles. The minimum absolute atomic E-state index is 0.0616. The average Bonchev–Trinajstić information content (AvgIpc) is 2.48. The van der Waals surface area contributed by atoms with Crippen molar-refractivity contribution in [2.45, 2.75) is 51.4 Å². The third kappa shape index (κ3) is 2.97. The summed E-state index contributed by atoms with van der Waals surface area (Å²) in [6, 6.07) is 10.4. The molecule has 0 amide bonds. The smallest absolute Gasteiger partial charge is 0.164 e. The maximum Gasteiger partial charge on any atom is 0.164 e. The predicted molar refractivity (Wildman–Crippen MR) is 80.2 cm³/mol. The fourth-order valence-corrected chi connectivity index (χ4v) is 3.64. The van der Waals surface area contributed by atoms with E-state index in [0.717, 1.165) is 6.42 Å². The van der Waals surface area contributed by atoms with Gasteiger partial charge in [0.1, 0.15) is 0 Å². The Morgan fingerprint density at radius 3 is 2.65 bits per heavy atom. The van der Waals surface area contributed by atoms with E-state index >= 15 is 0 Å². The minimum atomic E-state index is -0.0616. The Bertz CT molecular complexity index is 446. The SMILES string of the molecule is C=C1COC(OCc2ccccc2)C2(CCCCC2)C1. The van der Waals surface area contributed by atoms with Gasteiger partial charge in [-0.3, -0.25) is 0 Å². The lowest BCUT2D eigenvalue weighted by Crippen LogP contribution is -2.45. The van der Waals surface area contributed by atoms with Crippen LogP contribution < -0.4 is 0 Å². The molecule has 3 rings (SSSR count). The van der Waals surface area contributed by atoms with Gasteiger partial charge in [-0.1, -0.05) is 61.7 Å². The molecule has 0 aromatic heterocycles. The molecule has 1 aromatic rings. The maximum atomic E-state index is 6.15. The van der Waals surface area contributed by atoms with E-state index in [4.69, 9.17) is 9.47 Å². The summed E-state index contributed by atoms with van der Waals surface area (Å²) in [5, 5.41) is 0. The summed E-state index contributed by atoms with van der Waals surface area (Å²) in [5.41, 5.74) is 2.63. The molecule has 1 atom stereocenters.